The molecule has 0 saturated heterocycles. The third-order valence-corrected chi connectivity index (χ3v) is 0.246. The Hall–Kier alpha value is -0.470. The standard InChI is InChI=1S/C3H3F3/c4-1-3(6)2-5/h1H,2H2/b3-1+. The number of alkyl halides is 1. The van der Waals surface area contributed by atoms with E-state index in [1.165, 1.54) is 0 Å². The molecule has 36 valence electrons. The second-order valence-electron chi connectivity index (χ2n) is 0.690. The van der Waals surface area contributed by atoms with Crippen molar-refractivity contribution in [2.75, 3.05) is 6.67 Å². The van der Waals surface area contributed by atoms with Crippen LogP contribution in [0.3, 0.4) is 0 Å². The van der Waals surface area contributed by atoms with E-state index in [9.17, 15) is 13.2 Å². The highest BCUT2D eigenvalue weighted by molar-refractivity contribution is 4.82. The highest BCUT2D eigenvalue weighted by Gasteiger charge is 1.86. The minimum absolute atomic E-state index is 0.403. The Morgan fingerprint density at radius 3 is 2.17 bits per heavy atom. The Balaban J connectivity index is 3.22. The van der Waals surface area contributed by atoms with Crippen molar-refractivity contribution in [2.45, 2.75) is 0 Å². The van der Waals surface area contributed by atoms with Crippen molar-refractivity contribution >= 4 is 0 Å². The first-order chi connectivity index (χ1) is 2.81. The fourth-order valence-corrected chi connectivity index (χ4v) is 0.0292. The van der Waals surface area contributed by atoms with Crippen LogP contribution in [0.2, 0.25) is 0 Å². The van der Waals surface area contributed by atoms with Crippen LogP contribution in [0.15, 0.2) is 12.2 Å². The first-order valence-electron chi connectivity index (χ1n) is 1.32. The van der Waals surface area contributed by atoms with E-state index in [1.54, 1.807) is 0 Å². The van der Waals surface area contributed by atoms with Gasteiger partial charge >= 0.3 is 0 Å². The van der Waals surface area contributed by atoms with Crippen molar-refractivity contribution in [1.82, 2.24) is 0 Å². The Bertz CT molecular complexity index is 57.1. The molecule has 0 atom stereocenters. The maximum absolute atomic E-state index is 11.0. The van der Waals surface area contributed by atoms with E-state index in [0.29, 0.717) is 0 Å². The zero-order valence-corrected chi connectivity index (χ0v) is 2.92. The molecule has 0 aromatic carbocycles. The predicted molar refractivity (Wildman–Crippen MR) is 16.3 cm³/mol. The van der Waals surface area contributed by atoms with Gasteiger partial charge in [-0.05, 0) is 0 Å². The lowest BCUT2D eigenvalue weighted by molar-refractivity contribution is 0.444. The predicted octanol–water partition coefficient (Wildman–Crippen LogP) is 1.74. The molecule has 0 aliphatic rings. The number of allylic oxidation sites excluding steroid dienone is 1. The number of hydrogen-bond acceptors (Lipinski definition) is 0. The Labute approximate surface area is 33.3 Å². The molecule has 0 bridgehead atoms. The van der Waals surface area contributed by atoms with E-state index in [-0.39, 0.29) is 0 Å². The van der Waals surface area contributed by atoms with Crippen LogP contribution in [-0.2, 0) is 0 Å². The molecule has 0 aromatic heterocycles. The molecule has 0 saturated carbocycles. The van der Waals surface area contributed by atoms with Gasteiger partial charge in [-0.3, -0.25) is 0 Å². The quantitative estimate of drug-likeness (QED) is 0.466. The second kappa shape index (κ2) is 2.75. The maximum Gasteiger partial charge on any atom is 0.159 e. The second-order valence-corrected chi connectivity index (χ2v) is 0.690. The number of halogens is 3. The molecule has 0 aromatic rings. The van der Waals surface area contributed by atoms with Crippen LogP contribution < -0.4 is 0 Å². The maximum atomic E-state index is 11.0. The van der Waals surface area contributed by atoms with Crippen LogP contribution in [0.5, 0.6) is 0 Å². The molecule has 0 fully saturated rings. The first-order valence-corrected chi connectivity index (χ1v) is 1.32. The van der Waals surface area contributed by atoms with E-state index in [1.807, 2.05) is 0 Å². The normalized spacial score (nSPS) is 12.2. The summed E-state index contributed by atoms with van der Waals surface area (Å²) in [7, 11) is 0. The molecular formula is C3H3F3. The van der Waals surface area contributed by atoms with E-state index >= 15 is 0 Å². The third-order valence-electron chi connectivity index (χ3n) is 0.246. The smallest absolute Gasteiger partial charge is 0.159 e. The van der Waals surface area contributed by atoms with Crippen molar-refractivity contribution in [1.29, 1.82) is 0 Å². The molecule has 0 N–H and O–H groups in total. The fraction of sp³-hybridized carbons (Fsp3) is 0.333. The average Bonchev–Trinajstić information content (AvgIpc) is 1.65. The molecule has 0 radical (unpaired) electrons. The van der Waals surface area contributed by atoms with Gasteiger partial charge in [0.25, 0.3) is 0 Å². The lowest BCUT2D eigenvalue weighted by Gasteiger charge is -1.74. The zero-order chi connectivity index (χ0) is 4.99. The van der Waals surface area contributed by atoms with Crippen molar-refractivity contribution in [3.63, 3.8) is 0 Å². The van der Waals surface area contributed by atoms with Gasteiger partial charge in [0.2, 0.25) is 0 Å². The third kappa shape index (κ3) is 1.81. The van der Waals surface area contributed by atoms with Crippen LogP contribution in [0.4, 0.5) is 13.2 Å². The van der Waals surface area contributed by atoms with E-state index in [2.05, 4.69) is 0 Å². The summed E-state index contributed by atoms with van der Waals surface area (Å²) in [6.45, 7) is -1.35. The zero-order valence-electron chi connectivity index (χ0n) is 2.92. The van der Waals surface area contributed by atoms with E-state index in [4.69, 9.17) is 0 Å². The van der Waals surface area contributed by atoms with Crippen molar-refractivity contribution in [2.24, 2.45) is 0 Å². The lowest BCUT2D eigenvalue weighted by atomic mass is 10.7. The Kier molecular flexibility index (Phi) is 2.54. The molecule has 6 heavy (non-hydrogen) atoms. The summed E-state index contributed by atoms with van der Waals surface area (Å²) in [5, 5.41) is 0. The number of rotatable bonds is 1. The Morgan fingerprint density at radius 1 is 1.67 bits per heavy atom. The van der Waals surface area contributed by atoms with Crippen LogP contribution in [0.1, 0.15) is 0 Å². The topological polar surface area (TPSA) is 0 Å². The summed E-state index contributed by atoms with van der Waals surface area (Å²) in [6, 6.07) is 0. The monoisotopic (exact) mass is 96.0 g/mol. The van der Waals surface area contributed by atoms with E-state index < -0.39 is 18.8 Å². The summed E-state index contributed by atoms with van der Waals surface area (Å²) in [4.78, 5) is 0. The minimum Gasteiger partial charge on any atom is -0.243 e. The van der Waals surface area contributed by atoms with Crippen molar-refractivity contribution in [3.05, 3.63) is 12.2 Å². The van der Waals surface area contributed by atoms with Gasteiger partial charge in [-0.15, -0.1) is 0 Å². The lowest BCUT2D eigenvalue weighted by Crippen LogP contribution is -1.68. The van der Waals surface area contributed by atoms with Crippen LogP contribution in [0, 0.1) is 0 Å². The molecule has 0 rings (SSSR count). The molecule has 0 heterocycles. The summed E-state index contributed by atoms with van der Waals surface area (Å²) in [5.41, 5.74) is 0. The van der Waals surface area contributed by atoms with Gasteiger partial charge < -0.3 is 0 Å². The molecular weight excluding hydrogens is 93.0 g/mol. The van der Waals surface area contributed by atoms with Gasteiger partial charge in [-0.1, -0.05) is 0 Å². The summed E-state index contributed by atoms with van der Waals surface area (Å²) in [6.07, 6.45) is -0.403. The Morgan fingerprint density at radius 2 is 2.17 bits per heavy atom. The molecule has 0 unspecified atom stereocenters. The van der Waals surface area contributed by atoms with Gasteiger partial charge in [0.05, 0.1) is 0 Å². The average molecular weight is 96.1 g/mol. The SMILES string of the molecule is F/C=C(/F)CF. The largest absolute Gasteiger partial charge is 0.243 e. The van der Waals surface area contributed by atoms with Gasteiger partial charge in [0.15, 0.2) is 5.83 Å². The number of hydrogen-bond donors (Lipinski definition) is 0. The molecule has 0 amide bonds. The van der Waals surface area contributed by atoms with E-state index in [0.717, 1.165) is 0 Å². The summed E-state index contributed by atoms with van der Waals surface area (Å²) in [5.74, 6) is -1.37. The van der Waals surface area contributed by atoms with Gasteiger partial charge in [-0.2, -0.15) is 0 Å². The molecule has 0 aliphatic heterocycles. The van der Waals surface area contributed by atoms with Crippen molar-refractivity contribution in [3.8, 4) is 0 Å². The van der Waals surface area contributed by atoms with Crippen LogP contribution in [-0.4, -0.2) is 6.67 Å². The highest BCUT2D eigenvalue weighted by Crippen LogP contribution is 1.94. The van der Waals surface area contributed by atoms with Gasteiger partial charge in [0, 0.05) is 0 Å². The molecule has 0 aliphatic carbocycles. The highest BCUT2D eigenvalue weighted by atomic mass is 19.2. The van der Waals surface area contributed by atoms with Gasteiger partial charge in [-0.25, -0.2) is 13.2 Å². The first kappa shape index (κ1) is 5.53. The fourth-order valence-electron chi connectivity index (χ4n) is 0.0292. The molecule has 0 nitrogen and oxygen atoms in total. The molecule has 3 heteroatoms. The summed E-state index contributed by atoms with van der Waals surface area (Å²) < 4.78 is 32.3. The van der Waals surface area contributed by atoms with Crippen LogP contribution >= 0.6 is 0 Å². The summed E-state index contributed by atoms with van der Waals surface area (Å²) >= 11 is 0. The van der Waals surface area contributed by atoms with Gasteiger partial charge in [0.1, 0.15) is 13.0 Å². The molecule has 0 spiro atoms. The van der Waals surface area contributed by atoms with Crippen LogP contribution in [0.25, 0.3) is 0 Å². The minimum atomic E-state index is -1.37. The van der Waals surface area contributed by atoms with Crippen molar-refractivity contribution < 1.29 is 13.2 Å².